The molecule has 0 saturated heterocycles. The van der Waals surface area contributed by atoms with Gasteiger partial charge in [-0.1, -0.05) is 41.5 Å². The summed E-state index contributed by atoms with van der Waals surface area (Å²) >= 11 is 1.14. The van der Waals surface area contributed by atoms with Crippen molar-refractivity contribution < 1.29 is 14.3 Å². The number of carbonyl (C=O) groups excluding carboxylic acids is 2. The van der Waals surface area contributed by atoms with Gasteiger partial charge in [0.1, 0.15) is 4.88 Å². The lowest BCUT2D eigenvalue weighted by molar-refractivity contribution is 0.0529. The molecule has 0 bridgehead atoms. The molecule has 4 nitrogen and oxygen atoms in total. The molecule has 0 spiro atoms. The van der Waals surface area contributed by atoms with Gasteiger partial charge in [-0.3, -0.25) is 4.79 Å². The van der Waals surface area contributed by atoms with Gasteiger partial charge in [-0.2, -0.15) is 0 Å². The van der Waals surface area contributed by atoms with Gasteiger partial charge in [0.05, 0.1) is 17.2 Å². The Morgan fingerprint density at radius 2 is 1.67 bits per heavy atom. The standard InChI is InChI=1S/C16H25NO3S/c1-8-20-14(19)11-10(15(2,3)4)9(13(17)21-11)12(18)16(5,6)7/h8,17H2,1-7H3. The molecule has 0 amide bonds. The van der Waals surface area contributed by atoms with Crippen LogP contribution in [0.3, 0.4) is 0 Å². The fraction of sp³-hybridized carbons (Fsp3) is 0.625. The second-order valence-corrected chi connectivity index (χ2v) is 8.15. The van der Waals surface area contributed by atoms with Gasteiger partial charge >= 0.3 is 5.97 Å². The zero-order valence-corrected chi connectivity index (χ0v) is 14.7. The first-order valence-electron chi connectivity index (χ1n) is 7.06. The van der Waals surface area contributed by atoms with Crippen LogP contribution in [0.1, 0.15) is 74.1 Å². The molecule has 0 aliphatic carbocycles. The van der Waals surface area contributed by atoms with Gasteiger partial charge in [0, 0.05) is 5.41 Å². The minimum absolute atomic E-state index is 0.0447. The lowest BCUT2D eigenvalue weighted by Gasteiger charge is -2.24. The number of esters is 1. The third-order valence-electron chi connectivity index (χ3n) is 3.05. The maximum Gasteiger partial charge on any atom is 0.348 e. The van der Waals surface area contributed by atoms with Gasteiger partial charge in [-0.15, -0.1) is 11.3 Å². The highest BCUT2D eigenvalue weighted by atomic mass is 32.1. The predicted molar refractivity (Wildman–Crippen MR) is 87.2 cm³/mol. The molecule has 1 rings (SSSR count). The predicted octanol–water partition coefficient (Wildman–Crippen LogP) is 4.03. The van der Waals surface area contributed by atoms with Crippen molar-refractivity contribution in [3.63, 3.8) is 0 Å². The number of ether oxygens (including phenoxy) is 1. The van der Waals surface area contributed by atoms with E-state index in [9.17, 15) is 9.59 Å². The van der Waals surface area contributed by atoms with Crippen molar-refractivity contribution in [1.82, 2.24) is 0 Å². The molecule has 0 aliphatic rings. The maximum atomic E-state index is 12.7. The molecule has 0 atom stereocenters. The first-order chi connectivity index (χ1) is 9.41. The van der Waals surface area contributed by atoms with Gasteiger partial charge in [-0.05, 0) is 17.9 Å². The van der Waals surface area contributed by atoms with Crippen LogP contribution in [0.15, 0.2) is 0 Å². The molecule has 2 N–H and O–H groups in total. The minimum Gasteiger partial charge on any atom is -0.462 e. The first kappa shape index (κ1) is 17.7. The molecule has 0 aliphatic heterocycles. The quantitative estimate of drug-likeness (QED) is 0.676. The van der Waals surface area contributed by atoms with Crippen LogP contribution >= 0.6 is 11.3 Å². The zero-order chi connectivity index (χ0) is 16.6. The highest BCUT2D eigenvalue weighted by Crippen LogP contribution is 2.42. The number of thiophene rings is 1. The van der Waals surface area contributed by atoms with Crippen molar-refractivity contribution in [3.8, 4) is 0 Å². The molecule has 1 heterocycles. The minimum atomic E-state index is -0.554. The van der Waals surface area contributed by atoms with Crippen LogP contribution in [0.25, 0.3) is 0 Å². The number of hydrogen-bond donors (Lipinski definition) is 1. The van der Waals surface area contributed by atoms with Crippen molar-refractivity contribution in [2.45, 2.75) is 53.9 Å². The number of Topliss-reactive ketones (excluding diaryl/α,β-unsaturated/α-hetero) is 1. The Kier molecular flexibility index (Phi) is 4.88. The summed E-state index contributed by atoms with van der Waals surface area (Å²) in [6.45, 7) is 13.5. The van der Waals surface area contributed by atoms with E-state index < -0.39 is 11.4 Å². The molecule has 21 heavy (non-hydrogen) atoms. The summed E-state index contributed by atoms with van der Waals surface area (Å²) < 4.78 is 5.10. The van der Waals surface area contributed by atoms with Crippen molar-refractivity contribution in [1.29, 1.82) is 0 Å². The molecule has 0 aromatic carbocycles. The van der Waals surface area contributed by atoms with E-state index in [0.717, 1.165) is 11.3 Å². The van der Waals surface area contributed by atoms with Crippen LogP contribution < -0.4 is 5.73 Å². The number of hydrogen-bond acceptors (Lipinski definition) is 5. The van der Waals surface area contributed by atoms with E-state index in [0.29, 0.717) is 27.6 Å². The fourth-order valence-corrected chi connectivity index (χ4v) is 3.27. The summed E-state index contributed by atoms with van der Waals surface area (Å²) in [5.74, 6) is -0.455. The number of nitrogens with two attached hydrogens (primary N) is 1. The van der Waals surface area contributed by atoms with Crippen LogP contribution in [0.2, 0.25) is 0 Å². The Morgan fingerprint density at radius 3 is 2.05 bits per heavy atom. The highest BCUT2D eigenvalue weighted by molar-refractivity contribution is 7.18. The van der Waals surface area contributed by atoms with Crippen LogP contribution in [0.5, 0.6) is 0 Å². The monoisotopic (exact) mass is 311 g/mol. The number of ketones is 1. The lowest BCUT2D eigenvalue weighted by Crippen LogP contribution is -2.26. The second kappa shape index (κ2) is 5.79. The summed E-state index contributed by atoms with van der Waals surface area (Å²) in [4.78, 5) is 25.3. The van der Waals surface area contributed by atoms with Crippen molar-refractivity contribution in [2.75, 3.05) is 12.3 Å². The smallest absolute Gasteiger partial charge is 0.348 e. The Morgan fingerprint density at radius 1 is 1.14 bits per heavy atom. The van der Waals surface area contributed by atoms with E-state index in [4.69, 9.17) is 10.5 Å². The molecule has 0 radical (unpaired) electrons. The molecular formula is C16H25NO3S. The number of carbonyl (C=O) groups is 2. The summed E-state index contributed by atoms with van der Waals surface area (Å²) in [6.07, 6.45) is 0. The van der Waals surface area contributed by atoms with Crippen molar-refractivity contribution in [3.05, 3.63) is 16.0 Å². The van der Waals surface area contributed by atoms with E-state index >= 15 is 0 Å². The molecule has 0 saturated carbocycles. The van der Waals surface area contributed by atoms with E-state index in [2.05, 4.69) is 0 Å². The summed E-state index contributed by atoms with van der Waals surface area (Å²) in [5, 5.41) is 0.392. The first-order valence-corrected chi connectivity index (χ1v) is 7.87. The zero-order valence-electron chi connectivity index (χ0n) is 13.9. The number of nitrogen functional groups attached to an aromatic ring is 1. The number of anilines is 1. The SMILES string of the molecule is CCOC(=O)c1sc(N)c(C(=O)C(C)(C)C)c1C(C)(C)C. The Bertz CT molecular complexity index is 559. The van der Waals surface area contributed by atoms with E-state index in [1.54, 1.807) is 6.92 Å². The van der Waals surface area contributed by atoms with E-state index in [1.165, 1.54) is 0 Å². The third-order valence-corrected chi connectivity index (χ3v) is 4.05. The van der Waals surface area contributed by atoms with Gasteiger partial charge in [0.25, 0.3) is 0 Å². The van der Waals surface area contributed by atoms with Crippen LogP contribution in [-0.4, -0.2) is 18.4 Å². The lowest BCUT2D eigenvalue weighted by atomic mass is 9.78. The van der Waals surface area contributed by atoms with Gasteiger partial charge in [0.2, 0.25) is 0 Å². The van der Waals surface area contributed by atoms with Crippen LogP contribution in [0, 0.1) is 5.41 Å². The topological polar surface area (TPSA) is 69.4 Å². The fourth-order valence-electron chi connectivity index (χ4n) is 2.11. The molecular weight excluding hydrogens is 286 g/mol. The van der Waals surface area contributed by atoms with Gasteiger partial charge in [-0.25, -0.2) is 4.79 Å². The largest absolute Gasteiger partial charge is 0.462 e. The van der Waals surface area contributed by atoms with Gasteiger partial charge < -0.3 is 10.5 Å². The Balaban J connectivity index is 3.59. The van der Waals surface area contributed by atoms with E-state index in [-0.39, 0.29) is 11.2 Å². The molecule has 5 heteroatoms. The Labute approximate surface area is 130 Å². The maximum absolute atomic E-state index is 12.7. The summed E-state index contributed by atoms with van der Waals surface area (Å²) in [5.41, 5.74) is 6.31. The van der Waals surface area contributed by atoms with Crippen LogP contribution in [-0.2, 0) is 10.2 Å². The Hall–Kier alpha value is -1.36. The van der Waals surface area contributed by atoms with Crippen molar-refractivity contribution in [2.24, 2.45) is 5.41 Å². The number of rotatable bonds is 3. The second-order valence-electron chi connectivity index (χ2n) is 7.10. The van der Waals surface area contributed by atoms with Gasteiger partial charge in [0.15, 0.2) is 5.78 Å². The third kappa shape index (κ3) is 3.64. The van der Waals surface area contributed by atoms with Crippen LogP contribution in [0.4, 0.5) is 5.00 Å². The van der Waals surface area contributed by atoms with E-state index in [1.807, 2.05) is 41.5 Å². The normalized spacial score (nSPS) is 12.3. The molecule has 0 unspecified atom stereocenters. The molecule has 118 valence electrons. The average Bonchev–Trinajstić information content (AvgIpc) is 2.64. The molecule has 1 aromatic rings. The summed E-state index contributed by atoms with van der Waals surface area (Å²) in [6, 6.07) is 0. The highest BCUT2D eigenvalue weighted by Gasteiger charge is 2.36. The van der Waals surface area contributed by atoms with Crippen molar-refractivity contribution >= 4 is 28.1 Å². The molecule has 1 aromatic heterocycles. The molecule has 0 fully saturated rings. The average molecular weight is 311 g/mol. The summed E-state index contributed by atoms with van der Waals surface area (Å²) in [7, 11) is 0.